The van der Waals surface area contributed by atoms with Gasteiger partial charge in [-0.1, -0.05) is 6.92 Å². The smallest absolute Gasteiger partial charge is 0.280 e. The van der Waals surface area contributed by atoms with Crippen LogP contribution in [0.3, 0.4) is 0 Å². The lowest BCUT2D eigenvalue weighted by Gasteiger charge is -2.16. The molecule has 0 fully saturated rings. The number of ether oxygens (including phenoxy) is 1. The predicted molar refractivity (Wildman–Crippen MR) is 102 cm³/mol. The number of thiazole rings is 1. The van der Waals surface area contributed by atoms with Crippen molar-refractivity contribution in [2.24, 2.45) is 0 Å². The van der Waals surface area contributed by atoms with E-state index in [-0.39, 0.29) is 11.4 Å². The average molecular weight is 371 g/mol. The first-order valence-corrected chi connectivity index (χ1v) is 9.62. The van der Waals surface area contributed by atoms with Gasteiger partial charge in [0.15, 0.2) is 0 Å². The summed E-state index contributed by atoms with van der Waals surface area (Å²) in [6, 6.07) is 7.70. The first kappa shape index (κ1) is 16.9. The Morgan fingerprint density at radius 2 is 1.88 bits per heavy atom. The van der Waals surface area contributed by atoms with E-state index in [1.165, 1.54) is 0 Å². The summed E-state index contributed by atoms with van der Waals surface area (Å²) >= 11 is 1.56. The molecule has 26 heavy (non-hydrogen) atoms. The molecule has 0 radical (unpaired) electrons. The normalized spacial score (nSPS) is 13.6. The van der Waals surface area contributed by atoms with E-state index < -0.39 is 0 Å². The summed E-state index contributed by atoms with van der Waals surface area (Å²) in [5.74, 6) is 0.827. The van der Waals surface area contributed by atoms with Gasteiger partial charge in [0, 0.05) is 23.5 Å². The molecule has 1 aromatic carbocycles. The number of hydrogen-bond donors (Lipinski definition) is 1. The number of methoxy groups -OCH3 is 1. The van der Waals surface area contributed by atoms with E-state index in [1.807, 2.05) is 31.2 Å². The minimum Gasteiger partial charge on any atom is -0.497 e. The van der Waals surface area contributed by atoms with Crippen LogP contribution in [-0.4, -0.2) is 26.6 Å². The van der Waals surface area contributed by atoms with Crippen LogP contribution in [-0.2, 0) is 19.5 Å². The molecule has 1 aliphatic rings. The Kier molecular flexibility index (Phi) is 4.32. The van der Waals surface area contributed by atoms with Crippen molar-refractivity contribution in [1.29, 1.82) is 0 Å². The van der Waals surface area contributed by atoms with Crippen molar-refractivity contribution in [2.75, 3.05) is 7.11 Å². The van der Waals surface area contributed by atoms with Gasteiger partial charge in [-0.2, -0.15) is 0 Å². The van der Waals surface area contributed by atoms with E-state index in [2.05, 4.69) is 0 Å². The number of nitrogens with zero attached hydrogens (tertiary/aromatic N) is 3. The molecular weight excluding hydrogens is 350 g/mol. The molecular formula is C19H21N3O3S. The fourth-order valence-electron chi connectivity index (χ4n) is 3.40. The van der Waals surface area contributed by atoms with Crippen molar-refractivity contribution in [1.82, 2.24) is 14.3 Å². The molecule has 0 aliphatic carbocycles. The molecule has 6 nitrogen and oxygen atoms in total. The Bertz CT molecular complexity index is 998. The summed E-state index contributed by atoms with van der Waals surface area (Å²) in [5.41, 5.74) is 1.77. The van der Waals surface area contributed by atoms with Gasteiger partial charge < -0.3 is 9.84 Å². The van der Waals surface area contributed by atoms with Gasteiger partial charge in [-0.05, 0) is 43.5 Å². The van der Waals surface area contributed by atoms with Gasteiger partial charge in [-0.25, -0.2) is 9.67 Å². The summed E-state index contributed by atoms with van der Waals surface area (Å²) in [5, 5.41) is 11.5. The van der Waals surface area contributed by atoms with Crippen LogP contribution < -0.4 is 10.3 Å². The van der Waals surface area contributed by atoms with E-state index in [1.54, 1.807) is 27.8 Å². The first-order valence-electron chi connectivity index (χ1n) is 8.81. The number of fused-ring (bicyclic) bond motifs is 1. The lowest BCUT2D eigenvalue weighted by molar-refractivity contribution is 0.305. The molecule has 0 saturated heterocycles. The van der Waals surface area contributed by atoms with Crippen molar-refractivity contribution < 1.29 is 9.84 Å². The minimum atomic E-state index is -0.150. The number of aryl methyl sites for hydroxylation is 1. The van der Waals surface area contributed by atoms with Crippen molar-refractivity contribution in [2.45, 2.75) is 39.3 Å². The van der Waals surface area contributed by atoms with Crippen LogP contribution in [0, 0.1) is 0 Å². The van der Waals surface area contributed by atoms with Crippen molar-refractivity contribution >= 4 is 11.3 Å². The van der Waals surface area contributed by atoms with Crippen LogP contribution in [0.15, 0.2) is 29.1 Å². The Labute approximate surface area is 155 Å². The molecule has 3 aromatic rings. The third-order valence-electron chi connectivity index (χ3n) is 4.79. The van der Waals surface area contributed by atoms with Crippen LogP contribution in [0.25, 0.3) is 21.8 Å². The summed E-state index contributed by atoms with van der Waals surface area (Å²) in [7, 11) is 1.64. The maximum Gasteiger partial charge on any atom is 0.280 e. The maximum absolute atomic E-state index is 12.9. The number of rotatable bonds is 4. The highest BCUT2D eigenvalue weighted by Crippen LogP contribution is 2.37. The van der Waals surface area contributed by atoms with Gasteiger partial charge >= 0.3 is 0 Å². The van der Waals surface area contributed by atoms with Gasteiger partial charge in [0.2, 0.25) is 5.88 Å². The van der Waals surface area contributed by atoms with Crippen LogP contribution in [0.2, 0.25) is 0 Å². The Balaban J connectivity index is 1.84. The number of aromatic nitrogens is 3. The monoisotopic (exact) mass is 371 g/mol. The molecule has 0 amide bonds. The highest BCUT2D eigenvalue weighted by atomic mass is 32.1. The Morgan fingerprint density at radius 3 is 2.50 bits per heavy atom. The largest absolute Gasteiger partial charge is 0.497 e. The molecule has 0 saturated carbocycles. The van der Waals surface area contributed by atoms with Gasteiger partial charge in [-0.3, -0.25) is 9.48 Å². The van der Waals surface area contributed by atoms with E-state index in [4.69, 9.17) is 9.72 Å². The zero-order valence-corrected chi connectivity index (χ0v) is 15.7. The highest BCUT2D eigenvalue weighted by molar-refractivity contribution is 7.15. The molecule has 1 aliphatic heterocycles. The zero-order chi connectivity index (χ0) is 18.3. The fraction of sp³-hybridized carbons (Fsp3) is 0.368. The van der Waals surface area contributed by atoms with Gasteiger partial charge in [0.1, 0.15) is 16.3 Å². The number of aromatic hydroxyl groups is 1. The van der Waals surface area contributed by atoms with Crippen LogP contribution in [0.5, 0.6) is 11.6 Å². The lowest BCUT2D eigenvalue weighted by atomic mass is 10.2. The molecule has 0 bridgehead atoms. The van der Waals surface area contributed by atoms with E-state index in [0.717, 1.165) is 40.5 Å². The summed E-state index contributed by atoms with van der Waals surface area (Å²) in [6.45, 7) is 3.35. The lowest BCUT2D eigenvalue weighted by Crippen LogP contribution is -2.27. The third-order valence-corrected chi connectivity index (χ3v) is 6.04. The van der Waals surface area contributed by atoms with E-state index in [9.17, 15) is 9.90 Å². The van der Waals surface area contributed by atoms with Crippen molar-refractivity contribution in [3.05, 3.63) is 39.5 Å². The number of benzene rings is 1. The topological polar surface area (TPSA) is 69.3 Å². The molecule has 136 valence electrons. The molecule has 3 heterocycles. The van der Waals surface area contributed by atoms with Gasteiger partial charge in [0.05, 0.1) is 12.8 Å². The third kappa shape index (κ3) is 2.63. The second kappa shape index (κ2) is 6.64. The zero-order valence-electron chi connectivity index (χ0n) is 14.9. The maximum atomic E-state index is 12.9. The summed E-state index contributed by atoms with van der Waals surface area (Å²) in [6.07, 6.45) is 2.68. The van der Waals surface area contributed by atoms with Crippen LogP contribution >= 0.6 is 11.3 Å². The molecule has 1 N–H and O–H groups in total. The molecule has 0 atom stereocenters. The molecule has 0 spiro atoms. The van der Waals surface area contributed by atoms with E-state index in [0.29, 0.717) is 24.3 Å². The molecule has 7 heteroatoms. The standard InChI is InChI=1S/C19H21N3O3S/c1-3-14-16(15-18(23)21-10-4-5-11-22(21)19(15)24)20-17(26-14)12-6-8-13(25-2)9-7-12/h6-9,23H,3-5,10-11H2,1-2H3. The fourth-order valence-corrected chi connectivity index (χ4v) is 4.41. The first-order chi connectivity index (χ1) is 12.6. The van der Waals surface area contributed by atoms with Gasteiger partial charge in [-0.15, -0.1) is 11.3 Å². The second-order valence-corrected chi connectivity index (χ2v) is 7.41. The van der Waals surface area contributed by atoms with Crippen molar-refractivity contribution in [3.63, 3.8) is 0 Å². The Morgan fingerprint density at radius 1 is 1.19 bits per heavy atom. The van der Waals surface area contributed by atoms with Crippen molar-refractivity contribution in [3.8, 4) is 33.5 Å². The predicted octanol–water partition coefficient (Wildman–Crippen LogP) is 3.51. The minimum absolute atomic E-state index is 0.0379. The Hall–Kier alpha value is -2.54. The number of hydrogen-bond acceptors (Lipinski definition) is 5. The quantitative estimate of drug-likeness (QED) is 0.762. The van der Waals surface area contributed by atoms with Crippen LogP contribution in [0.1, 0.15) is 24.6 Å². The summed E-state index contributed by atoms with van der Waals surface area (Å²) in [4.78, 5) is 18.6. The highest BCUT2D eigenvalue weighted by Gasteiger charge is 2.27. The average Bonchev–Trinajstić information content (AvgIpc) is 3.21. The van der Waals surface area contributed by atoms with E-state index >= 15 is 0 Å². The molecule has 2 aromatic heterocycles. The second-order valence-electron chi connectivity index (χ2n) is 6.33. The SMILES string of the molecule is CCc1sc(-c2ccc(OC)cc2)nc1-c1c(O)n2n(c1=O)CCCC2. The van der Waals surface area contributed by atoms with Crippen LogP contribution in [0.4, 0.5) is 0 Å². The summed E-state index contributed by atoms with van der Waals surface area (Å²) < 4.78 is 8.53. The van der Waals surface area contributed by atoms with Gasteiger partial charge in [0.25, 0.3) is 5.56 Å². The molecule has 4 rings (SSSR count). The molecule has 0 unspecified atom stereocenters.